The normalized spacial score (nSPS) is 11.3. The van der Waals surface area contributed by atoms with Crippen molar-refractivity contribution in [1.82, 2.24) is 5.43 Å². The summed E-state index contributed by atoms with van der Waals surface area (Å²) in [5.41, 5.74) is 9.83. The molecule has 112 valence electrons. The predicted octanol–water partition coefficient (Wildman–Crippen LogP) is 1.80. The lowest BCUT2D eigenvalue weighted by Crippen LogP contribution is -2.33. The first-order valence-electron chi connectivity index (χ1n) is 6.83. The Labute approximate surface area is 128 Å². The molecule has 2 rings (SSSR count). The van der Waals surface area contributed by atoms with Gasteiger partial charge in [0.1, 0.15) is 0 Å². The molecule has 0 aliphatic rings. The maximum atomic E-state index is 11.3. The number of amides is 2. The van der Waals surface area contributed by atoms with Gasteiger partial charge < -0.3 is 5.73 Å². The summed E-state index contributed by atoms with van der Waals surface area (Å²) >= 11 is 0. The number of benzene rings is 2. The zero-order chi connectivity index (χ0) is 15.9. The van der Waals surface area contributed by atoms with Crippen LogP contribution in [-0.4, -0.2) is 17.5 Å². The zero-order valence-corrected chi connectivity index (χ0v) is 12.2. The predicted molar refractivity (Wildman–Crippen MR) is 85.2 cm³/mol. The number of nitrogens with zero attached hydrogens (tertiary/aromatic N) is 1. The molecule has 5 nitrogen and oxygen atoms in total. The van der Waals surface area contributed by atoms with E-state index in [1.165, 1.54) is 0 Å². The summed E-state index contributed by atoms with van der Waals surface area (Å²) in [5.74, 6) is -2.11. The highest BCUT2D eigenvalue weighted by Crippen LogP contribution is 2.25. The van der Waals surface area contributed by atoms with Crippen LogP contribution in [0.5, 0.6) is 0 Å². The van der Waals surface area contributed by atoms with Crippen LogP contribution in [0.2, 0.25) is 0 Å². The second-order valence-corrected chi connectivity index (χ2v) is 4.81. The summed E-state index contributed by atoms with van der Waals surface area (Å²) in [6.45, 7) is 1.80. The van der Waals surface area contributed by atoms with Gasteiger partial charge in [-0.1, -0.05) is 60.7 Å². The number of hydrogen-bond acceptors (Lipinski definition) is 3. The van der Waals surface area contributed by atoms with Gasteiger partial charge in [0.15, 0.2) is 0 Å². The Bertz CT molecular complexity index is 642. The van der Waals surface area contributed by atoms with Crippen LogP contribution in [0.1, 0.15) is 24.0 Å². The lowest BCUT2D eigenvalue weighted by atomic mass is 9.88. The van der Waals surface area contributed by atoms with Gasteiger partial charge in [-0.3, -0.25) is 9.59 Å². The molecule has 0 heterocycles. The van der Waals surface area contributed by atoms with Gasteiger partial charge in [0, 0.05) is 11.6 Å². The number of nitrogens with two attached hydrogens (primary N) is 1. The molecule has 22 heavy (non-hydrogen) atoms. The SMILES string of the molecule is C/C(=N/NC(=O)C(N)=O)C(c1ccccc1)c1ccccc1. The molecule has 0 fully saturated rings. The van der Waals surface area contributed by atoms with Crippen LogP contribution < -0.4 is 11.2 Å². The molecule has 3 N–H and O–H groups in total. The van der Waals surface area contributed by atoms with Crippen LogP contribution >= 0.6 is 0 Å². The first-order chi connectivity index (χ1) is 10.6. The van der Waals surface area contributed by atoms with Crippen molar-refractivity contribution in [1.29, 1.82) is 0 Å². The summed E-state index contributed by atoms with van der Waals surface area (Å²) in [7, 11) is 0. The molecule has 0 saturated carbocycles. The van der Waals surface area contributed by atoms with Crippen LogP contribution in [-0.2, 0) is 9.59 Å². The minimum absolute atomic E-state index is 0.115. The Morgan fingerprint density at radius 3 is 1.82 bits per heavy atom. The minimum atomic E-state index is -1.06. The summed E-state index contributed by atoms with van der Waals surface area (Å²) in [6.07, 6.45) is 0. The van der Waals surface area contributed by atoms with Crippen LogP contribution in [0, 0.1) is 0 Å². The summed E-state index contributed by atoms with van der Waals surface area (Å²) < 4.78 is 0. The molecular formula is C17H17N3O2. The van der Waals surface area contributed by atoms with Crippen LogP contribution in [0.4, 0.5) is 0 Å². The topological polar surface area (TPSA) is 84.6 Å². The lowest BCUT2D eigenvalue weighted by Gasteiger charge is -2.18. The number of hydrazone groups is 1. The summed E-state index contributed by atoms with van der Waals surface area (Å²) in [6, 6.07) is 19.6. The van der Waals surface area contributed by atoms with E-state index in [0.717, 1.165) is 11.1 Å². The van der Waals surface area contributed by atoms with E-state index in [4.69, 9.17) is 5.73 Å². The smallest absolute Gasteiger partial charge is 0.329 e. The molecule has 0 aliphatic carbocycles. The Morgan fingerprint density at radius 1 is 0.955 bits per heavy atom. The molecule has 0 bridgehead atoms. The maximum absolute atomic E-state index is 11.3. The van der Waals surface area contributed by atoms with Gasteiger partial charge in [-0.2, -0.15) is 5.10 Å². The monoisotopic (exact) mass is 295 g/mol. The van der Waals surface area contributed by atoms with Crippen molar-refractivity contribution in [3.05, 3.63) is 71.8 Å². The third kappa shape index (κ3) is 3.79. The van der Waals surface area contributed by atoms with Crippen molar-refractivity contribution in [3.63, 3.8) is 0 Å². The average Bonchev–Trinajstić information content (AvgIpc) is 2.54. The van der Waals surface area contributed by atoms with Gasteiger partial charge >= 0.3 is 11.8 Å². The van der Waals surface area contributed by atoms with E-state index in [9.17, 15) is 9.59 Å². The van der Waals surface area contributed by atoms with Crippen LogP contribution in [0.25, 0.3) is 0 Å². The van der Waals surface area contributed by atoms with Gasteiger partial charge in [-0.05, 0) is 18.1 Å². The second kappa shape index (κ2) is 7.17. The van der Waals surface area contributed by atoms with E-state index in [1.807, 2.05) is 60.7 Å². The maximum Gasteiger partial charge on any atom is 0.329 e. The Kier molecular flexibility index (Phi) is 5.03. The van der Waals surface area contributed by atoms with E-state index in [0.29, 0.717) is 5.71 Å². The van der Waals surface area contributed by atoms with Crippen LogP contribution in [0.3, 0.4) is 0 Å². The minimum Gasteiger partial charge on any atom is -0.361 e. The molecule has 5 heteroatoms. The summed E-state index contributed by atoms with van der Waals surface area (Å²) in [5, 5.41) is 4.01. The molecule has 2 aromatic rings. The van der Waals surface area contributed by atoms with Crippen LogP contribution in [0.15, 0.2) is 65.8 Å². The largest absolute Gasteiger partial charge is 0.361 e. The van der Waals surface area contributed by atoms with E-state index in [1.54, 1.807) is 6.92 Å². The highest BCUT2D eigenvalue weighted by molar-refractivity contribution is 6.34. The number of primary amides is 1. The Hall–Kier alpha value is -2.95. The molecule has 0 radical (unpaired) electrons. The third-order valence-electron chi connectivity index (χ3n) is 3.24. The highest BCUT2D eigenvalue weighted by atomic mass is 16.2. The fraction of sp³-hybridized carbons (Fsp3) is 0.118. The Balaban J connectivity index is 2.35. The van der Waals surface area contributed by atoms with E-state index >= 15 is 0 Å². The lowest BCUT2D eigenvalue weighted by molar-refractivity contribution is -0.137. The molecular weight excluding hydrogens is 278 g/mol. The third-order valence-corrected chi connectivity index (χ3v) is 3.24. The average molecular weight is 295 g/mol. The van der Waals surface area contributed by atoms with Gasteiger partial charge in [-0.15, -0.1) is 0 Å². The van der Waals surface area contributed by atoms with E-state index in [2.05, 4.69) is 10.5 Å². The number of nitrogens with one attached hydrogen (secondary N) is 1. The molecule has 0 atom stereocenters. The second-order valence-electron chi connectivity index (χ2n) is 4.81. The zero-order valence-electron chi connectivity index (χ0n) is 12.2. The fourth-order valence-corrected chi connectivity index (χ4v) is 2.22. The first kappa shape index (κ1) is 15.4. The number of rotatable bonds is 4. The van der Waals surface area contributed by atoms with E-state index < -0.39 is 11.8 Å². The van der Waals surface area contributed by atoms with Gasteiger partial charge in [-0.25, -0.2) is 5.43 Å². The van der Waals surface area contributed by atoms with Crippen molar-refractivity contribution in [2.24, 2.45) is 10.8 Å². The van der Waals surface area contributed by atoms with Gasteiger partial charge in [0.2, 0.25) is 0 Å². The number of carbonyl (C=O) groups excluding carboxylic acids is 2. The van der Waals surface area contributed by atoms with Gasteiger partial charge in [0.05, 0.1) is 0 Å². The standard InChI is InChI=1S/C17H17N3O2/c1-12(19-20-17(22)16(18)21)15(13-8-4-2-5-9-13)14-10-6-3-7-11-14/h2-11,15H,1H3,(H2,18,21)(H,20,22)/b19-12-. The number of carbonyl (C=O) groups is 2. The van der Waals surface area contributed by atoms with Crippen molar-refractivity contribution < 1.29 is 9.59 Å². The first-order valence-corrected chi connectivity index (χ1v) is 6.83. The number of hydrogen-bond donors (Lipinski definition) is 2. The van der Waals surface area contributed by atoms with Crippen molar-refractivity contribution in [3.8, 4) is 0 Å². The molecule has 0 saturated heterocycles. The molecule has 0 unspecified atom stereocenters. The molecule has 0 aromatic heterocycles. The molecule has 2 aromatic carbocycles. The Morgan fingerprint density at radius 2 is 1.41 bits per heavy atom. The fourth-order valence-electron chi connectivity index (χ4n) is 2.22. The molecule has 0 spiro atoms. The van der Waals surface area contributed by atoms with Crippen molar-refractivity contribution in [2.75, 3.05) is 0 Å². The molecule has 2 amide bonds. The summed E-state index contributed by atoms with van der Waals surface area (Å²) in [4.78, 5) is 22.0. The molecule has 0 aliphatic heterocycles. The van der Waals surface area contributed by atoms with Crippen molar-refractivity contribution >= 4 is 17.5 Å². The van der Waals surface area contributed by atoms with E-state index in [-0.39, 0.29) is 5.92 Å². The quantitative estimate of drug-likeness (QED) is 0.512. The highest BCUT2D eigenvalue weighted by Gasteiger charge is 2.18. The van der Waals surface area contributed by atoms with Gasteiger partial charge in [0.25, 0.3) is 0 Å². The van der Waals surface area contributed by atoms with Crippen molar-refractivity contribution in [2.45, 2.75) is 12.8 Å².